The lowest BCUT2D eigenvalue weighted by Gasteiger charge is -2.33. The second-order valence-electron chi connectivity index (χ2n) is 20.2. The minimum Gasteiger partial charge on any atom is -0.444 e. The van der Waals surface area contributed by atoms with Gasteiger partial charge in [0.25, 0.3) is 0 Å². The Bertz CT molecular complexity index is 3160. The lowest BCUT2D eigenvalue weighted by Crippen LogP contribution is -2.45. The van der Waals surface area contributed by atoms with E-state index in [4.69, 9.17) is 31.2 Å². The number of halogens is 5. The van der Waals surface area contributed by atoms with Crippen LogP contribution in [0, 0.1) is 23.3 Å². The molecule has 14 nitrogen and oxygen atoms in total. The Morgan fingerprint density at radius 2 is 1.45 bits per heavy atom. The Balaban J connectivity index is 0.000000148. The molecule has 7 heterocycles. The van der Waals surface area contributed by atoms with E-state index in [1.54, 1.807) is 47.8 Å². The number of nitrogens with zero attached hydrogens (tertiary/aromatic N) is 9. The first-order valence-corrected chi connectivity index (χ1v) is 26.1. The number of amides is 1. The SMILES string of the molecule is CN(c1cncc(C2=NCc3ccc(-c4c(F)cccc4F)cc32)n1)C1CCNCC1.CNC1CCN(C(=O)OC(C)(C)C)CC1.Fc1cccc(F)c1-c1ccc2c(c1)c(-c1cncc(Cl)n1)nn2C1CCCCO1. The minimum atomic E-state index is -0.624. The van der Waals surface area contributed by atoms with Crippen LogP contribution >= 0.6 is 11.6 Å². The highest BCUT2D eigenvalue weighted by atomic mass is 35.5. The largest absolute Gasteiger partial charge is 0.444 e. The lowest BCUT2D eigenvalue weighted by atomic mass is 9.96. The van der Waals surface area contributed by atoms with E-state index in [0.29, 0.717) is 64.5 Å². The molecule has 1 amide bonds. The van der Waals surface area contributed by atoms with Crippen LogP contribution in [-0.4, -0.2) is 111 Å². The second kappa shape index (κ2) is 24.0. The molecule has 4 aromatic carbocycles. The van der Waals surface area contributed by atoms with E-state index < -0.39 is 28.9 Å². The van der Waals surface area contributed by atoms with Crippen LogP contribution in [-0.2, 0) is 16.0 Å². The molecule has 0 saturated carbocycles. The molecule has 3 saturated heterocycles. The summed E-state index contributed by atoms with van der Waals surface area (Å²) in [7, 11) is 4.01. The number of likely N-dealkylation sites (tertiary alicyclic amines) is 1. The lowest BCUT2D eigenvalue weighted by molar-refractivity contribution is -0.0365. The van der Waals surface area contributed by atoms with Crippen LogP contribution in [0.1, 0.15) is 88.8 Å². The summed E-state index contributed by atoms with van der Waals surface area (Å²) in [5.74, 6) is -1.61. The van der Waals surface area contributed by atoms with Crippen molar-refractivity contribution < 1.29 is 31.8 Å². The number of nitrogens with one attached hydrogen (secondary N) is 2. The first-order chi connectivity index (χ1) is 36.6. The predicted octanol–water partition coefficient (Wildman–Crippen LogP) is 11.4. The van der Waals surface area contributed by atoms with Crippen LogP contribution in [0.3, 0.4) is 0 Å². The third kappa shape index (κ3) is 12.5. The quantitative estimate of drug-likeness (QED) is 0.140. The monoisotopic (exact) mass is 1060 g/mol. The number of fused-ring (bicyclic) bond motifs is 2. The van der Waals surface area contributed by atoms with Crippen molar-refractivity contribution in [3.05, 3.63) is 143 Å². The van der Waals surface area contributed by atoms with Crippen LogP contribution in [0.2, 0.25) is 5.15 Å². The fourth-order valence-electron chi connectivity index (χ4n) is 9.88. The summed E-state index contributed by atoms with van der Waals surface area (Å²) in [6.07, 6.45) is 13.1. The van der Waals surface area contributed by atoms with Gasteiger partial charge in [-0.2, -0.15) is 5.10 Å². The van der Waals surface area contributed by atoms with E-state index >= 15 is 0 Å². The molecule has 0 bridgehead atoms. The Labute approximate surface area is 445 Å². The maximum atomic E-state index is 14.4. The number of benzene rings is 4. The molecule has 0 radical (unpaired) electrons. The van der Waals surface area contributed by atoms with Crippen molar-refractivity contribution in [3.8, 4) is 33.6 Å². The first kappa shape index (κ1) is 53.9. The van der Waals surface area contributed by atoms with Gasteiger partial charge < -0.3 is 29.9 Å². The Hall–Kier alpha value is -6.86. The van der Waals surface area contributed by atoms with Gasteiger partial charge in [0, 0.05) is 49.8 Å². The molecule has 398 valence electrons. The highest BCUT2D eigenvalue weighted by molar-refractivity contribution is 6.29. The van der Waals surface area contributed by atoms with Crippen molar-refractivity contribution in [1.82, 2.24) is 45.2 Å². The average Bonchev–Trinajstić information content (AvgIpc) is 4.04. The molecular weight excluding hydrogens is 998 g/mol. The van der Waals surface area contributed by atoms with E-state index in [1.165, 1.54) is 42.6 Å². The van der Waals surface area contributed by atoms with Crippen molar-refractivity contribution in [3.63, 3.8) is 0 Å². The number of rotatable bonds is 8. The van der Waals surface area contributed by atoms with Gasteiger partial charge in [0.2, 0.25) is 0 Å². The number of piperidine rings is 2. The van der Waals surface area contributed by atoms with Gasteiger partial charge in [0.05, 0.1) is 53.7 Å². The van der Waals surface area contributed by atoms with Crippen LogP contribution in [0.25, 0.3) is 44.5 Å². The smallest absolute Gasteiger partial charge is 0.410 e. The summed E-state index contributed by atoms with van der Waals surface area (Å²) in [5, 5.41) is 12.3. The summed E-state index contributed by atoms with van der Waals surface area (Å²) >= 11 is 6.04. The van der Waals surface area contributed by atoms with Crippen LogP contribution in [0.5, 0.6) is 0 Å². The standard InChI is InChI=1S/C24H23F2N5.C22H17ClF2N4O.C11H22N2O2/c1-31(17-7-9-27-10-8-17)22-14-28-13-21(30-22)24-18-11-15(5-6-16(18)12-29-24)23-19(25)3-2-4-20(23)26;23-19-12-26-11-17(27-19)22-14-10-13(21-15(24)4-3-5-16(21)25)7-8-18(14)29(28-22)20-6-1-2-9-30-20;1-11(2,3)15-10(14)13-7-5-9(12-4)6-8-13/h2-6,11,13-14,17,27H,7-10,12H2,1H3;3-5,7-8,10-12,20H,1-2,6,9H2;9,12H,5-8H2,1-4H3. The second-order valence-corrected chi connectivity index (χ2v) is 20.6. The van der Waals surface area contributed by atoms with Crippen LogP contribution < -0.4 is 15.5 Å². The Morgan fingerprint density at radius 3 is 2.08 bits per heavy atom. The number of carbonyl (C=O) groups is 1. The van der Waals surface area contributed by atoms with Gasteiger partial charge in [0.15, 0.2) is 6.23 Å². The average molecular weight is 1060 g/mol. The fraction of sp³-hybridized carbons (Fsp3) is 0.386. The summed E-state index contributed by atoms with van der Waals surface area (Å²) < 4.78 is 70.5. The van der Waals surface area contributed by atoms with Gasteiger partial charge in [-0.05, 0) is 145 Å². The zero-order chi connectivity index (χ0) is 53.5. The molecule has 4 aliphatic rings. The highest BCUT2D eigenvalue weighted by Crippen LogP contribution is 2.37. The van der Waals surface area contributed by atoms with Gasteiger partial charge in [-0.25, -0.2) is 37.0 Å². The van der Waals surface area contributed by atoms with Gasteiger partial charge in [-0.15, -0.1) is 0 Å². The normalized spacial score (nSPS) is 17.0. The van der Waals surface area contributed by atoms with Crippen molar-refractivity contribution >= 4 is 40.1 Å². The van der Waals surface area contributed by atoms with E-state index in [9.17, 15) is 22.4 Å². The molecule has 4 aliphatic heterocycles. The fourth-order valence-corrected chi connectivity index (χ4v) is 10.0. The molecule has 1 atom stereocenters. The maximum absolute atomic E-state index is 14.4. The molecular formula is C57H62ClF4N11O3. The van der Waals surface area contributed by atoms with Gasteiger partial charge >= 0.3 is 6.09 Å². The van der Waals surface area contributed by atoms with Crippen LogP contribution in [0.15, 0.2) is 103 Å². The highest BCUT2D eigenvalue weighted by Gasteiger charge is 2.28. The number of anilines is 1. The summed E-state index contributed by atoms with van der Waals surface area (Å²) in [6.45, 7) is 10.4. The number of carbonyl (C=O) groups excluding carboxylic acids is 1. The predicted molar refractivity (Wildman–Crippen MR) is 287 cm³/mol. The number of hydrogen-bond donors (Lipinski definition) is 2. The number of hydrogen-bond acceptors (Lipinski definition) is 12. The molecule has 7 aromatic rings. The molecule has 19 heteroatoms. The van der Waals surface area contributed by atoms with Crippen molar-refractivity contribution in [1.29, 1.82) is 0 Å². The zero-order valence-electron chi connectivity index (χ0n) is 43.3. The van der Waals surface area contributed by atoms with Crippen molar-refractivity contribution in [2.75, 3.05) is 51.8 Å². The van der Waals surface area contributed by atoms with E-state index in [0.717, 1.165) is 93.6 Å². The first-order valence-electron chi connectivity index (χ1n) is 25.7. The van der Waals surface area contributed by atoms with Crippen molar-refractivity contribution in [2.45, 2.75) is 96.2 Å². The number of aromatic nitrogens is 6. The van der Waals surface area contributed by atoms with E-state index in [-0.39, 0.29) is 28.6 Å². The van der Waals surface area contributed by atoms with Gasteiger partial charge in [0.1, 0.15) is 56.9 Å². The summed E-state index contributed by atoms with van der Waals surface area (Å²) in [6, 6.07) is 19.3. The summed E-state index contributed by atoms with van der Waals surface area (Å²) in [4.78, 5) is 38.0. The molecule has 2 N–H and O–H groups in total. The third-order valence-corrected chi connectivity index (χ3v) is 14.1. The molecule has 0 aliphatic carbocycles. The van der Waals surface area contributed by atoms with Crippen molar-refractivity contribution in [2.24, 2.45) is 4.99 Å². The molecule has 3 fully saturated rings. The number of ether oxygens (including phenoxy) is 2. The van der Waals surface area contributed by atoms with Gasteiger partial charge in [-0.1, -0.05) is 41.9 Å². The molecule has 1 unspecified atom stereocenters. The minimum absolute atomic E-state index is 0.0259. The van der Waals surface area contributed by atoms with Crippen LogP contribution in [0.4, 0.5) is 28.2 Å². The van der Waals surface area contributed by atoms with E-state index in [2.05, 4.69) is 35.5 Å². The molecule has 11 rings (SSSR count). The van der Waals surface area contributed by atoms with E-state index in [1.807, 2.05) is 51.7 Å². The Morgan fingerprint density at radius 1 is 0.803 bits per heavy atom. The molecule has 76 heavy (non-hydrogen) atoms. The molecule has 3 aromatic heterocycles. The Kier molecular flexibility index (Phi) is 17.0. The maximum Gasteiger partial charge on any atom is 0.410 e. The summed E-state index contributed by atoms with van der Waals surface area (Å²) in [5.41, 5.74) is 5.44. The van der Waals surface area contributed by atoms with Gasteiger partial charge in [-0.3, -0.25) is 15.0 Å². The third-order valence-electron chi connectivity index (χ3n) is 13.9. The zero-order valence-corrected chi connectivity index (χ0v) is 44.1. The number of aliphatic imine (C=N–C) groups is 1. The topological polar surface area (TPSA) is 148 Å². The molecule has 0 spiro atoms.